The Morgan fingerprint density at radius 1 is 0.963 bits per heavy atom. The Hall–Kier alpha value is -2.59. The number of rotatable bonds is 2. The van der Waals surface area contributed by atoms with Crippen LogP contribution in [0.25, 0.3) is 11.0 Å². The molecule has 1 aromatic heterocycles. The maximum atomic E-state index is 4.89. The first kappa shape index (κ1) is 16.6. The van der Waals surface area contributed by atoms with E-state index in [0.29, 0.717) is 0 Å². The minimum absolute atomic E-state index is 0.229. The van der Waals surface area contributed by atoms with Gasteiger partial charge in [0.05, 0.1) is 23.1 Å². The van der Waals surface area contributed by atoms with Crippen LogP contribution in [0.5, 0.6) is 0 Å². The molecule has 1 N–H and O–H groups in total. The third-order valence-electron chi connectivity index (χ3n) is 5.49. The molecule has 0 fully saturated rings. The topological polar surface area (TPSA) is 29.9 Å². The first-order valence-electron chi connectivity index (χ1n) is 9.25. The zero-order valence-electron chi connectivity index (χ0n) is 15.1. The summed E-state index contributed by atoms with van der Waals surface area (Å²) in [7, 11) is 0. The summed E-state index contributed by atoms with van der Waals surface area (Å²) in [5, 5.41) is 3.68. The van der Waals surface area contributed by atoms with E-state index in [9.17, 15) is 0 Å². The van der Waals surface area contributed by atoms with Gasteiger partial charge in [0.15, 0.2) is 0 Å². The first-order chi connectivity index (χ1) is 13.2. The Kier molecular flexibility index (Phi) is 4.01. The largest absolute Gasteiger partial charge is 0.349 e. The van der Waals surface area contributed by atoms with E-state index in [4.69, 9.17) is 4.98 Å². The van der Waals surface area contributed by atoms with Crippen LogP contribution >= 0.6 is 15.9 Å². The average molecular weight is 418 g/mol. The summed E-state index contributed by atoms with van der Waals surface area (Å²) in [4.78, 5) is 4.89. The number of hydrogen-bond donors (Lipinski definition) is 1. The highest BCUT2D eigenvalue weighted by molar-refractivity contribution is 9.10. The van der Waals surface area contributed by atoms with E-state index >= 15 is 0 Å². The number of hydrogen-bond acceptors (Lipinski definition) is 2. The number of para-hydroxylation sites is 2. The maximum absolute atomic E-state index is 4.89. The molecule has 3 aromatic carbocycles. The van der Waals surface area contributed by atoms with Crippen LogP contribution in [0.2, 0.25) is 0 Å². The molecule has 0 unspecified atom stereocenters. The highest BCUT2D eigenvalue weighted by atomic mass is 79.9. The molecule has 0 bridgehead atoms. The predicted molar refractivity (Wildman–Crippen MR) is 114 cm³/mol. The van der Waals surface area contributed by atoms with E-state index in [-0.39, 0.29) is 12.1 Å². The van der Waals surface area contributed by atoms with Crippen molar-refractivity contribution in [3.05, 3.63) is 94.0 Å². The van der Waals surface area contributed by atoms with Crippen LogP contribution in [0, 0.1) is 6.92 Å². The summed E-state index contributed by atoms with van der Waals surface area (Å²) in [6, 6.07) is 26.2. The lowest BCUT2D eigenvalue weighted by atomic mass is 9.91. The third-order valence-corrected chi connectivity index (χ3v) is 6.02. The van der Waals surface area contributed by atoms with Gasteiger partial charge >= 0.3 is 0 Å². The van der Waals surface area contributed by atoms with Gasteiger partial charge in [-0.2, -0.15) is 0 Å². The standard InChI is InChI=1S/C23H20BrN3/c1-15-6-2-3-7-18(15)22-14-20(16-10-12-17(24)13-11-16)26-23-25-19-8-4-5-9-21(19)27(22)23/h2-13,20,22H,14H2,1H3,(H,25,26)/t20-,22+/m0/s1. The fraction of sp³-hybridized carbons (Fsp3) is 0.174. The molecule has 0 saturated heterocycles. The van der Waals surface area contributed by atoms with Crippen LogP contribution in [-0.4, -0.2) is 9.55 Å². The van der Waals surface area contributed by atoms with Gasteiger partial charge in [-0.3, -0.25) is 0 Å². The van der Waals surface area contributed by atoms with Crippen molar-refractivity contribution in [3.8, 4) is 0 Å². The Labute approximate surface area is 167 Å². The van der Waals surface area contributed by atoms with Crippen molar-refractivity contribution in [2.45, 2.75) is 25.4 Å². The van der Waals surface area contributed by atoms with Crippen molar-refractivity contribution >= 4 is 32.9 Å². The van der Waals surface area contributed by atoms with E-state index in [1.54, 1.807) is 0 Å². The number of aryl methyl sites for hydroxylation is 1. The number of fused-ring (bicyclic) bond motifs is 3. The molecule has 2 heterocycles. The predicted octanol–water partition coefficient (Wildman–Crippen LogP) is 6.25. The number of nitrogens with one attached hydrogen (secondary N) is 1. The molecule has 5 rings (SSSR count). The fourth-order valence-electron chi connectivity index (χ4n) is 4.15. The second kappa shape index (κ2) is 6.54. The molecule has 27 heavy (non-hydrogen) atoms. The van der Waals surface area contributed by atoms with Gasteiger partial charge in [0.2, 0.25) is 5.95 Å². The van der Waals surface area contributed by atoms with Gasteiger partial charge in [0.25, 0.3) is 0 Å². The minimum atomic E-state index is 0.229. The molecule has 2 atom stereocenters. The lowest BCUT2D eigenvalue weighted by molar-refractivity contribution is 0.476. The zero-order chi connectivity index (χ0) is 18.4. The van der Waals surface area contributed by atoms with Gasteiger partial charge in [-0.15, -0.1) is 0 Å². The van der Waals surface area contributed by atoms with Crippen LogP contribution in [0.15, 0.2) is 77.3 Å². The Morgan fingerprint density at radius 3 is 2.52 bits per heavy atom. The highest BCUT2D eigenvalue weighted by Crippen LogP contribution is 2.41. The summed E-state index contributed by atoms with van der Waals surface area (Å²) >= 11 is 3.54. The van der Waals surface area contributed by atoms with E-state index < -0.39 is 0 Å². The Bertz CT molecular complexity index is 1110. The normalized spacial score (nSPS) is 18.9. The third kappa shape index (κ3) is 2.85. The summed E-state index contributed by atoms with van der Waals surface area (Å²) in [6.45, 7) is 2.20. The number of benzene rings is 3. The number of nitrogens with zero attached hydrogens (tertiary/aromatic N) is 2. The second-order valence-electron chi connectivity index (χ2n) is 7.15. The minimum Gasteiger partial charge on any atom is -0.349 e. The van der Waals surface area contributed by atoms with Crippen LogP contribution < -0.4 is 5.32 Å². The van der Waals surface area contributed by atoms with E-state index in [2.05, 4.69) is 106 Å². The molecule has 0 aliphatic carbocycles. The Balaban J connectivity index is 1.68. The van der Waals surface area contributed by atoms with E-state index in [1.165, 1.54) is 22.2 Å². The van der Waals surface area contributed by atoms with E-state index in [1.807, 2.05) is 0 Å². The van der Waals surface area contributed by atoms with Gasteiger partial charge in [0.1, 0.15) is 0 Å². The van der Waals surface area contributed by atoms with Crippen LogP contribution in [0.3, 0.4) is 0 Å². The lowest BCUT2D eigenvalue weighted by Gasteiger charge is -2.34. The molecule has 1 aliphatic rings. The van der Waals surface area contributed by atoms with Crippen LogP contribution in [0.1, 0.15) is 35.2 Å². The molecule has 1 aliphatic heterocycles. The van der Waals surface area contributed by atoms with Crippen molar-refractivity contribution in [2.75, 3.05) is 5.32 Å². The van der Waals surface area contributed by atoms with Gasteiger partial charge in [-0.1, -0.05) is 64.5 Å². The lowest BCUT2D eigenvalue weighted by Crippen LogP contribution is -2.27. The summed E-state index contributed by atoms with van der Waals surface area (Å²) < 4.78 is 3.47. The second-order valence-corrected chi connectivity index (χ2v) is 8.07. The quantitative estimate of drug-likeness (QED) is 0.417. The number of anilines is 1. The molecule has 0 amide bonds. The molecule has 134 valence electrons. The fourth-order valence-corrected chi connectivity index (χ4v) is 4.41. The number of aromatic nitrogens is 2. The Morgan fingerprint density at radius 2 is 1.70 bits per heavy atom. The van der Waals surface area contributed by atoms with Crippen LogP contribution in [0.4, 0.5) is 5.95 Å². The van der Waals surface area contributed by atoms with Crippen molar-refractivity contribution in [2.24, 2.45) is 0 Å². The SMILES string of the molecule is Cc1ccccc1[C@H]1C[C@@H](c2ccc(Br)cc2)Nc2nc3ccccc3n21. The summed E-state index contributed by atoms with van der Waals surface area (Å²) in [5.41, 5.74) is 6.20. The first-order valence-corrected chi connectivity index (χ1v) is 10.0. The van der Waals surface area contributed by atoms with Gasteiger partial charge in [-0.25, -0.2) is 4.98 Å². The number of imidazole rings is 1. The highest BCUT2D eigenvalue weighted by Gasteiger charge is 2.31. The molecular formula is C23H20BrN3. The number of halogens is 1. The zero-order valence-corrected chi connectivity index (χ0v) is 16.6. The van der Waals surface area contributed by atoms with Gasteiger partial charge in [0, 0.05) is 4.47 Å². The van der Waals surface area contributed by atoms with Crippen molar-refractivity contribution < 1.29 is 0 Å². The molecular weight excluding hydrogens is 398 g/mol. The van der Waals surface area contributed by atoms with Crippen molar-refractivity contribution in [1.82, 2.24) is 9.55 Å². The molecule has 4 aromatic rings. The van der Waals surface area contributed by atoms with E-state index in [0.717, 1.165) is 22.4 Å². The summed E-state index contributed by atoms with van der Waals surface area (Å²) in [6.07, 6.45) is 0.986. The van der Waals surface area contributed by atoms with Gasteiger partial charge in [-0.05, 0) is 54.3 Å². The molecule has 0 saturated carbocycles. The van der Waals surface area contributed by atoms with Crippen molar-refractivity contribution in [3.63, 3.8) is 0 Å². The molecule has 3 nitrogen and oxygen atoms in total. The summed E-state index contributed by atoms with van der Waals surface area (Å²) in [5.74, 6) is 0.948. The average Bonchev–Trinajstić information content (AvgIpc) is 3.07. The smallest absolute Gasteiger partial charge is 0.204 e. The molecule has 4 heteroatoms. The van der Waals surface area contributed by atoms with Gasteiger partial charge < -0.3 is 9.88 Å². The van der Waals surface area contributed by atoms with Crippen molar-refractivity contribution in [1.29, 1.82) is 0 Å². The monoisotopic (exact) mass is 417 g/mol. The molecule has 0 spiro atoms. The maximum Gasteiger partial charge on any atom is 0.204 e. The molecule has 0 radical (unpaired) electrons. The van der Waals surface area contributed by atoms with Crippen LogP contribution in [-0.2, 0) is 0 Å².